The summed E-state index contributed by atoms with van der Waals surface area (Å²) in [5.74, 6) is 0.0749. The molecule has 1 aromatic rings. The largest absolute Gasteiger partial charge is 0.497 e. The SMILES string of the molecule is COc1ccc(CN2C(=O)CC2C(=O)O)c(OC)c1. The van der Waals surface area contributed by atoms with Gasteiger partial charge >= 0.3 is 5.97 Å². The molecular formula is C13H15NO5. The number of aliphatic carboxylic acids is 1. The first-order valence-corrected chi connectivity index (χ1v) is 5.80. The van der Waals surface area contributed by atoms with Crippen molar-refractivity contribution < 1.29 is 24.2 Å². The van der Waals surface area contributed by atoms with Gasteiger partial charge in [-0.2, -0.15) is 0 Å². The Labute approximate surface area is 110 Å². The minimum absolute atomic E-state index is 0.0633. The maximum absolute atomic E-state index is 11.5. The van der Waals surface area contributed by atoms with Crippen LogP contribution in [0.4, 0.5) is 0 Å². The number of hydrogen-bond acceptors (Lipinski definition) is 4. The highest BCUT2D eigenvalue weighted by Gasteiger charge is 2.41. The van der Waals surface area contributed by atoms with Crippen LogP contribution in [0.25, 0.3) is 0 Å². The maximum atomic E-state index is 11.5. The normalized spacial score (nSPS) is 17.9. The Morgan fingerprint density at radius 3 is 2.68 bits per heavy atom. The first kappa shape index (κ1) is 13.2. The van der Waals surface area contributed by atoms with Crippen molar-refractivity contribution in [1.29, 1.82) is 0 Å². The molecule has 1 fully saturated rings. The van der Waals surface area contributed by atoms with Crippen LogP contribution in [0.15, 0.2) is 18.2 Å². The summed E-state index contributed by atoms with van der Waals surface area (Å²) in [5.41, 5.74) is 0.752. The topological polar surface area (TPSA) is 76.1 Å². The van der Waals surface area contributed by atoms with E-state index in [1.807, 2.05) is 0 Å². The molecule has 0 aromatic heterocycles. The second kappa shape index (κ2) is 5.17. The van der Waals surface area contributed by atoms with Crippen molar-refractivity contribution in [2.45, 2.75) is 19.0 Å². The van der Waals surface area contributed by atoms with E-state index in [9.17, 15) is 9.59 Å². The predicted octanol–water partition coefficient (Wildman–Crippen LogP) is 0.889. The monoisotopic (exact) mass is 265 g/mol. The molecule has 0 bridgehead atoms. The number of amides is 1. The lowest BCUT2D eigenvalue weighted by Gasteiger charge is -2.37. The molecule has 0 radical (unpaired) electrons. The second-order valence-electron chi connectivity index (χ2n) is 4.26. The third-order valence-electron chi connectivity index (χ3n) is 3.18. The van der Waals surface area contributed by atoms with Gasteiger partial charge in [-0.05, 0) is 12.1 Å². The first-order chi connectivity index (χ1) is 9.06. The van der Waals surface area contributed by atoms with E-state index in [1.165, 1.54) is 12.0 Å². The number of carboxylic acids is 1. The lowest BCUT2D eigenvalue weighted by atomic mass is 10.0. The summed E-state index contributed by atoms with van der Waals surface area (Å²) < 4.78 is 10.3. The van der Waals surface area contributed by atoms with Crippen molar-refractivity contribution >= 4 is 11.9 Å². The molecule has 1 atom stereocenters. The molecule has 0 spiro atoms. The Hall–Kier alpha value is -2.24. The molecule has 1 unspecified atom stereocenters. The third-order valence-corrected chi connectivity index (χ3v) is 3.18. The molecule has 1 N–H and O–H groups in total. The van der Waals surface area contributed by atoms with Gasteiger partial charge in [0.1, 0.15) is 17.5 Å². The van der Waals surface area contributed by atoms with Gasteiger partial charge < -0.3 is 19.5 Å². The van der Waals surface area contributed by atoms with E-state index < -0.39 is 12.0 Å². The summed E-state index contributed by atoms with van der Waals surface area (Å²) >= 11 is 0. The van der Waals surface area contributed by atoms with Gasteiger partial charge in [0.15, 0.2) is 0 Å². The van der Waals surface area contributed by atoms with E-state index in [2.05, 4.69) is 0 Å². The molecule has 1 aliphatic rings. The van der Waals surface area contributed by atoms with Gasteiger partial charge in [-0.25, -0.2) is 4.79 Å². The summed E-state index contributed by atoms with van der Waals surface area (Å²) in [6.07, 6.45) is 0.0633. The van der Waals surface area contributed by atoms with Crippen molar-refractivity contribution in [2.24, 2.45) is 0 Å². The first-order valence-electron chi connectivity index (χ1n) is 5.80. The molecule has 1 aliphatic heterocycles. The fourth-order valence-electron chi connectivity index (χ4n) is 2.04. The number of carbonyl (C=O) groups is 2. The van der Waals surface area contributed by atoms with Gasteiger partial charge in [-0.3, -0.25) is 4.79 Å². The van der Waals surface area contributed by atoms with Gasteiger partial charge in [0, 0.05) is 11.6 Å². The van der Waals surface area contributed by atoms with Gasteiger partial charge in [0.05, 0.1) is 27.2 Å². The summed E-state index contributed by atoms with van der Waals surface area (Å²) in [6.45, 7) is 0.225. The number of β-lactam (4-membered cyclic amide) rings is 1. The number of ether oxygens (including phenoxy) is 2. The average molecular weight is 265 g/mol. The summed E-state index contributed by atoms with van der Waals surface area (Å²) in [7, 11) is 3.07. The van der Waals surface area contributed by atoms with Crippen LogP contribution in [0, 0.1) is 0 Å². The van der Waals surface area contributed by atoms with Gasteiger partial charge in [-0.1, -0.05) is 0 Å². The lowest BCUT2D eigenvalue weighted by molar-refractivity contribution is -0.162. The number of nitrogens with zero attached hydrogens (tertiary/aromatic N) is 1. The molecule has 1 aromatic carbocycles. The smallest absolute Gasteiger partial charge is 0.326 e. The van der Waals surface area contributed by atoms with Crippen LogP contribution in [0.2, 0.25) is 0 Å². The van der Waals surface area contributed by atoms with Gasteiger partial charge in [0.2, 0.25) is 5.91 Å². The number of carbonyl (C=O) groups excluding carboxylic acids is 1. The summed E-state index contributed by atoms with van der Waals surface area (Å²) in [5, 5.41) is 8.96. The Bertz CT molecular complexity index is 514. The van der Waals surface area contributed by atoms with Crippen LogP contribution in [0.3, 0.4) is 0 Å². The van der Waals surface area contributed by atoms with Crippen LogP contribution in [0.5, 0.6) is 11.5 Å². The van der Waals surface area contributed by atoms with Crippen LogP contribution in [-0.4, -0.2) is 42.1 Å². The second-order valence-corrected chi connectivity index (χ2v) is 4.26. The fraction of sp³-hybridized carbons (Fsp3) is 0.385. The van der Waals surface area contributed by atoms with E-state index >= 15 is 0 Å². The van der Waals surface area contributed by atoms with Crippen LogP contribution in [-0.2, 0) is 16.1 Å². The van der Waals surface area contributed by atoms with E-state index in [0.29, 0.717) is 11.5 Å². The van der Waals surface area contributed by atoms with Gasteiger partial charge in [-0.15, -0.1) is 0 Å². The van der Waals surface area contributed by atoms with Crippen LogP contribution >= 0.6 is 0 Å². The molecule has 19 heavy (non-hydrogen) atoms. The highest BCUT2D eigenvalue weighted by atomic mass is 16.5. The van der Waals surface area contributed by atoms with Crippen molar-refractivity contribution in [3.05, 3.63) is 23.8 Å². The average Bonchev–Trinajstić information content (AvgIpc) is 2.41. The standard InChI is InChI=1S/C13H15NO5/c1-18-9-4-3-8(11(5-9)19-2)7-14-10(13(16)17)6-12(14)15/h3-5,10H,6-7H2,1-2H3,(H,16,17). The van der Waals surface area contributed by atoms with Gasteiger partial charge in [0.25, 0.3) is 0 Å². The number of carboxylic acid groups (broad SMARTS) is 1. The molecule has 1 heterocycles. The lowest BCUT2D eigenvalue weighted by Crippen LogP contribution is -2.55. The van der Waals surface area contributed by atoms with Crippen LogP contribution < -0.4 is 9.47 Å². The number of methoxy groups -OCH3 is 2. The molecule has 0 saturated carbocycles. The Morgan fingerprint density at radius 2 is 2.16 bits per heavy atom. The summed E-state index contributed by atoms with van der Waals surface area (Å²) in [4.78, 5) is 23.7. The highest BCUT2D eigenvalue weighted by Crippen LogP contribution is 2.29. The zero-order valence-electron chi connectivity index (χ0n) is 10.8. The Morgan fingerprint density at radius 1 is 1.42 bits per heavy atom. The number of rotatable bonds is 5. The van der Waals surface area contributed by atoms with Crippen LogP contribution in [0.1, 0.15) is 12.0 Å². The molecular weight excluding hydrogens is 250 g/mol. The molecule has 1 amide bonds. The quantitative estimate of drug-likeness (QED) is 0.800. The molecule has 0 aliphatic carbocycles. The molecule has 2 rings (SSSR count). The molecule has 6 nitrogen and oxygen atoms in total. The number of hydrogen-bond donors (Lipinski definition) is 1. The molecule has 102 valence electrons. The maximum Gasteiger partial charge on any atom is 0.326 e. The van der Waals surface area contributed by atoms with E-state index in [1.54, 1.807) is 25.3 Å². The van der Waals surface area contributed by atoms with Crippen molar-refractivity contribution in [2.75, 3.05) is 14.2 Å². The van der Waals surface area contributed by atoms with Crippen molar-refractivity contribution in [1.82, 2.24) is 4.90 Å². The minimum Gasteiger partial charge on any atom is -0.497 e. The van der Waals surface area contributed by atoms with E-state index in [4.69, 9.17) is 14.6 Å². The van der Waals surface area contributed by atoms with E-state index in [-0.39, 0.29) is 18.9 Å². The van der Waals surface area contributed by atoms with E-state index in [0.717, 1.165) is 5.56 Å². The Kier molecular flexibility index (Phi) is 3.59. The predicted molar refractivity (Wildman–Crippen MR) is 66.1 cm³/mol. The summed E-state index contributed by atoms with van der Waals surface area (Å²) in [6, 6.07) is 4.48. The zero-order valence-corrected chi connectivity index (χ0v) is 10.8. The minimum atomic E-state index is -0.980. The number of benzene rings is 1. The highest BCUT2D eigenvalue weighted by molar-refractivity contribution is 5.94. The van der Waals surface area contributed by atoms with Crippen molar-refractivity contribution in [3.8, 4) is 11.5 Å². The third kappa shape index (κ3) is 2.47. The number of likely N-dealkylation sites (tertiary alicyclic amines) is 1. The fourth-order valence-corrected chi connectivity index (χ4v) is 2.04. The molecule has 1 saturated heterocycles. The zero-order chi connectivity index (χ0) is 14.0. The van der Waals surface area contributed by atoms with Crippen molar-refractivity contribution in [3.63, 3.8) is 0 Å². The Balaban J connectivity index is 2.18. The molecule has 6 heteroatoms.